The monoisotopic (exact) mass is 702 g/mol. The van der Waals surface area contributed by atoms with E-state index in [1.54, 1.807) is 0 Å². The Hall–Kier alpha value is -3.14. The number of carboxylic acids is 1. The second-order valence-electron chi connectivity index (χ2n) is 12.0. The third-order valence-electron chi connectivity index (χ3n) is 9.50. The van der Waals surface area contributed by atoms with E-state index in [0.717, 1.165) is 21.9 Å². The van der Waals surface area contributed by atoms with Gasteiger partial charge in [0.05, 0.1) is 16.9 Å². The van der Waals surface area contributed by atoms with Crippen molar-refractivity contribution in [1.82, 2.24) is 4.90 Å². The Bertz CT molecular complexity index is 1640. The van der Waals surface area contributed by atoms with Crippen LogP contribution in [0.15, 0.2) is 47.4 Å². The van der Waals surface area contributed by atoms with Gasteiger partial charge < -0.3 is 14.9 Å². The molecule has 1 N–H and O–H groups in total. The molecule has 0 bridgehead atoms. The summed E-state index contributed by atoms with van der Waals surface area (Å²) in [7, 11) is -3.46. The highest BCUT2D eigenvalue weighted by atomic mass is 35.5. The van der Waals surface area contributed by atoms with Crippen molar-refractivity contribution in [3.63, 3.8) is 0 Å². The van der Waals surface area contributed by atoms with Gasteiger partial charge in [0.25, 0.3) is 5.91 Å². The Balaban J connectivity index is 1.68. The molecule has 0 aromatic heterocycles. The van der Waals surface area contributed by atoms with Gasteiger partial charge in [0, 0.05) is 36.4 Å². The van der Waals surface area contributed by atoms with Gasteiger partial charge >= 0.3 is 24.0 Å². The lowest BCUT2D eigenvalue weighted by atomic mass is 9.78. The van der Waals surface area contributed by atoms with Gasteiger partial charge in [-0.05, 0) is 68.0 Å². The number of aliphatic carboxylic acids is 1. The number of hydrogen-bond donors (Lipinski definition) is 1. The topological polar surface area (TPSA) is 95.0 Å². The highest BCUT2D eigenvalue weighted by Gasteiger charge is 2.74. The van der Waals surface area contributed by atoms with Crippen molar-refractivity contribution in [2.45, 2.75) is 71.5 Å². The second kappa shape index (κ2) is 11.0. The first kappa shape index (κ1) is 34.2. The molecular weight excluding hydrogens is 676 g/mol. The number of sulfone groups is 1. The second-order valence-corrected chi connectivity index (χ2v) is 14.6. The van der Waals surface area contributed by atoms with Crippen LogP contribution >= 0.6 is 11.6 Å². The first-order valence-corrected chi connectivity index (χ1v) is 15.9. The predicted molar refractivity (Wildman–Crippen MR) is 148 cm³/mol. The van der Waals surface area contributed by atoms with Gasteiger partial charge in [-0.25, -0.2) is 17.2 Å². The number of carbonyl (C=O) groups excluding carboxylic acids is 1. The lowest BCUT2D eigenvalue weighted by molar-refractivity contribution is -0.348. The van der Waals surface area contributed by atoms with Crippen LogP contribution in [0.3, 0.4) is 0 Å². The number of likely N-dealkylation sites (tertiary alicyclic amines) is 1. The number of alkyl halides is 8. The molecule has 2 atom stereocenters. The molecule has 2 aromatic carbocycles. The van der Waals surface area contributed by atoms with Crippen molar-refractivity contribution >= 4 is 39.0 Å². The molecule has 1 amide bonds. The molecule has 2 aromatic rings. The van der Waals surface area contributed by atoms with Gasteiger partial charge in [0.15, 0.2) is 15.5 Å². The zero-order chi connectivity index (χ0) is 34.3. The van der Waals surface area contributed by atoms with Crippen LogP contribution in [0.1, 0.15) is 43.2 Å². The summed E-state index contributed by atoms with van der Waals surface area (Å²) in [5.74, 6) is -3.13. The number of anilines is 1. The van der Waals surface area contributed by atoms with Crippen LogP contribution in [0.5, 0.6) is 0 Å². The fourth-order valence-electron chi connectivity index (χ4n) is 7.01. The minimum absolute atomic E-state index is 0.152. The molecule has 7 nitrogen and oxygen atoms in total. The molecule has 3 aliphatic rings. The van der Waals surface area contributed by atoms with Crippen molar-refractivity contribution < 1.29 is 58.2 Å². The number of nitrogens with zero attached hydrogens (tertiary/aromatic N) is 2. The van der Waals surface area contributed by atoms with E-state index in [-0.39, 0.29) is 40.9 Å². The summed E-state index contributed by atoms with van der Waals surface area (Å²) >= 11 is 5.93. The molecule has 2 heterocycles. The summed E-state index contributed by atoms with van der Waals surface area (Å²) in [5.41, 5.74) is -10.9. The van der Waals surface area contributed by atoms with Crippen LogP contribution in [0.2, 0.25) is 5.02 Å². The van der Waals surface area contributed by atoms with E-state index in [4.69, 9.17) is 11.6 Å². The van der Waals surface area contributed by atoms with E-state index in [1.165, 1.54) is 19.2 Å². The SMILES string of the molecule is CN1CC2N(C(=O)C3(F)CCC(C(=O)O)CC3)CCC2(S(=O)(=O)c2ccc(Cl)cc2)c2ccc(C(F)(C(F)(F)F)C(F)(F)F)cc21. The summed E-state index contributed by atoms with van der Waals surface area (Å²) in [6.07, 6.45) is -14.5. The largest absolute Gasteiger partial charge is 0.481 e. The average molecular weight is 703 g/mol. The smallest absolute Gasteiger partial charge is 0.435 e. The zero-order valence-electron chi connectivity index (χ0n) is 23.9. The summed E-state index contributed by atoms with van der Waals surface area (Å²) < 4.78 is 140. The Morgan fingerprint density at radius 2 is 1.50 bits per heavy atom. The fourth-order valence-corrected chi connectivity index (χ4v) is 9.43. The summed E-state index contributed by atoms with van der Waals surface area (Å²) in [6.45, 7) is -0.850. The summed E-state index contributed by atoms with van der Waals surface area (Å²) in [4.78, 5) is 27.0. The first-order valence-electron chi connectivity index (χ1n) is 14.0. The van der Waals surface area contributed by atoms with Gasteiger partial charge in [-0.2, -0.15) is 26.3 Å². The van der Waals surface area contributed by atoms with Crippen molar-refractivity contribution in [2.75, 3.05) is 25.0 Å². The van der Waals surface area contributed by atoms with Crippen LogP contribution in [-0.2, 0) is 29.8 Å². The number of likely N-dealkylation sites (N-methyl/N-ethyl adjacent to an activating group) is 1. The predicted octanol–water partition coefficient (Wildman–Crippen LogP) is 6.33. The van der Waals surface area contributed by atoms with E-state index in [1.807, 2.05) is 0 Å². The number of carboxylic acid groups (broad SMARTS) is 1. The number of hydrogen-bond acceptors (Lipinski definition) is 5. The van der Waals surface area contributed by atoms with Crippen molar-refractivity contribution in [1.29, 1.82) is 0 Å². The standard InChI is InChI=1S/C29H27ClF8N2O5S/c1-39-15-22-26(46(44,45)19-5-3-18(30)4-6-19,12-13-40(22)24(43)25(31)10-8-16(9-11-25)23(41)42)20-7-2-17(14-21(20)39)27(32,28(33,34)35)29(36,37)38/h2-7,14,16,22H,8-13,15H2,1H3,(H,41,42). The fraction of sp³-hybridized carbons (Fsp3) is 0.517. The number of amides is 1. The van der Waals surface area contributed by atoms with E-state index >= 15 is 8.78 Å². The third kappa shape index (κ3) is 4.92. The average Bonchev–Trinajstić information content (AvgIpc) is 3.36. The quantitative estimate of drug-likeness (QED) is 0.366. The molecule has 5 rings (SSSR count). The number of carbonyl (C=O) groups is 2. The van der Waals surface area contributed by atoms with E-state index in [0.29, 0.717) is 12.1 Å². The molecule has 0 spiro atoms. The van der Waals surface area contributed by atoms with E-state index < -0.39 is 99.2 Å². The molecule has 17 heteroatoms. The Kier molecular flexibility index (Phi) is 8.15. The molecular formula is C29H27ClF8N2O5S. The van der Waals surface area contributed by atoms with Crippen molar-refractivity contribution in [3.8, 4) is 0 Å². The molecule has 2 aliphatic heterocycles. The molecule has 46 heavy (non-hydrogen) atoms. The van der Waals surface area contributed by atoms with Crippen LogP contribution in [-0.4, -0.2) is 74.5 Å². The van der Waals surface area contributed by atoms with Crippen molar-refractivity contribution in [3.05, 3.63) is 58.6 Å². The van der Waals surface area contributed by atoms with E-state index in [2.05, 4.69) is 0 Å². The van der Waals surface area contributed by atoms with Crippen LogP contribution < -0.4 is 4.90 Å². The van der Waals surface area contributed by atoms with Gasteiger partial charge in [0.2, 0.25) is 0 Å². The highest BCUT2D eigenvalue weighted by molar-refractivity contribution is 7.92. The summed E-state index contributed by atoms with van der Waals surface area (Å²) in [6, 6.07) is 4.60. The van der Waals surface area contributed by atoms with Gasteiger partial charge in [-0.1, -0.05) is 23.7 Å². The molecule has 0 radical (unpaired) electrons. The maximum atomic E-state index is 16.2. The number of rotatable bonds is 5. The third-order valence-corrected chi connectivity index (χ3v) is 12.3. The number of halogens is 9. The number of benzene rings is 2. The maximum Gasteiger partial charge on any atom is 0.435 e. The molecule has 2 unspecified atom stereocenters. The minimum atomic E-state index is -6.42. The molecule has 252 valence electrons. The highest BCUT2D eigenvalue weighted by Crippen LogP contribution is 2.58. The van der Waals surface area contributed by atoms with Gasteiger partial charge in [-0.15, -0.1) is 0 Å². The van der Waals surface area contributed by atoms with Gasteiger partial charge in [0.1, 0.15) is 4.75 Å². The van der Waals surface area contributed by atoms with Crippen LogP contribution in [0.25, 0.3) is 0 Å². The lowest BCUT2D eigenvalue weighted by Gasteiger charge is -2.47. The summed E-state index contributed by atoms with van der Waals surface area (Å²) in [5, 5.41) is 9.45. The van der Waals surface area contributed by atoms with Gasteiger partial charge in [-0.3, -0.25) is 9.59 Å². The molecule has 1 saturated heterocycles. The Morgan fingerprint density at radius 3 is 2.02 bits per heavy atom. The van der Waals surface area contributed by atoms with Crippen LogP contribution in [0.4, 0.5) is 40.8 Å². The van der Waals surface area contributed by atoms with Crippen molar-refractivity contribution in [2.24, 2.45) is 5.92 Å². The van der Waals surface area contributed by atoms with Crippen LogP contribution in [0, 0.1) is 5.92 Å². The number of fused-ring (bicyclic) bond motifs is 3. The lowest BCUT2D eigenvalue weighted by Crippen LogP contribution is -2.60. The molecule has 1 saturated carbocycles. The maximum absolute atomic E-state index is 16.2. The minimum Gasteiger partial charge on any atom is -0.481 e. The Labute approximate surface area is 263 Å². The normalized spacial score (nSPS) is 27.3. The molecule has 1 aliphatic carbocycles. The Morgan fingerprint density at radius 1 is 0.935 bits per heavy atom. The molecule has 2 fully saturated rings. The zero-order valence-corrected chi connectivity index (χ0v) is 25.5. The van der Waals surface area contributed by atoms with E-state index in [9.17, 15) is 49.5 Å². The first-order chi connectivity index (χ1) is 21.1.